The molecule has 12 amide bonds. The Bertz CT molecular complexity index is 3140. The van der Waals surface area contributed by atoms with E-state index in [4.69, 9.17) is 11.6 Å². The van der Waals surface area contributed by atoms with Crippen molar-refractivity contribution < 1.29 is 70.7 Å². The Morgan fingerprint density at radius 2 is 1.33 bits per heavy atom. The number of allylic oxidation sites excluding steroid dienone is 1. The Morgan fingerprint density at radius 1 is 0.670 bits per heavy atom. The van der Waals surface area contributed by atoms with Crippen LogP contribution in [-0.4, -0.2) is 244 Å². The lowest BCUT2D eigenvalue weighted by atomic mass is 9.84. The number of nitrogens with one attached hydrogen (secondary N) is 3. The maximum absolute atomic E-state index is 15.1. The van der Waals surface area contributed by atoms with Crippen LogP contribution in [0.5, 0.6) is 0 Å². The molecule has 558 valence electrons. The second kappa shape index (κ2) is 37.0. The normalized spacial score (nSPS) is 26.6. The Hall–Kier alpha value is -7.32. The summed E-state index contributed by atoms with van der Waals surface area (Å²) in [6, 6.07) is -6.07. The van der Waals surface area contributed by atoms with Crippen LogP contribution >= 0.6 is 11.6 Å². The van der Waals surface area contributed by atoms with Gasteiger partial charge in [0.1, 0.15) is 54.0 Å². The first kappa shape index (κ1) is 81.6. The number of likely N-dealkylation sites (N-methyl/N-ethyl adjacent to an activating group) is 6. The number of benzene rings is 1. The Kier molecular flexibility index (Phi) is 30.2. The third kappa shape index (κ3) is 20.7. The highest BCUT2D eigenvalue weighted by Gasteiger charge is 2.47. The van der Waals surface area contributed by atoms with Gasteiger partial charge in [0.05, 0.1) is 23.6 Å². The van der Waals surface area contributed by atoms with Gasteiger partial charge in [0.2, 0.25) is 65.0 Å². The fraction of sp³-hybridized carbons (Fsp3) is 0.722. The van der Waals surface area contributed by atoms with Gasteiger partial charge in [-0.3, -0.25) is 57.5 Å². The number of carbonyl (C=O) groups excluding carboxylic acids is 12. The predicted molar refractivity (Wildman–Crippen MR) is 371 cm³/mol. The van der Waals surface area contributed by atoms with Gasteiger partial charge in [-0.05, 0) is 126 Å². The quantitative estimate of drug-likeness (QED) is 0.203. The maximum atomic E-state index is 15.1. The van der Waals surface area contributed by atoms with E-state index in [9.17, 15) is 65.9 Å². The fourth-order valence-electron chi connectivity index (χ4n) is 14.5. The van der Waals surface area contributed by atoms with Crippen LogP contribution in [0.3, 0.4) is 0 Å². The number of carbonyl (C=O) groups is 12. The summed E-state index contributed by atoms with van der Waals surface area (Å²) < 4.78 is 41.3. The van der Waals surface area contributed by atoms with Crippen molar-refractivity contribution in [3.8, 4) is 0 Å². The van der Waals surface area contributed by atoms with Crippen molar-refractivity contribution in [2.45, 2.75) is 232 Å². The number of likely N-dealkylation sites (tertiary alicyclic amines) is 1. The van der Waals surface area contributed by atoms with Gasteiger partial charge in [-0.1, -0.05) is 104 Å². The summed E-state index contributed by atoms with van der Waals surface area (Å²) in [7, 11) is 7.24. The van der Waals surface area contributed by atoms with E-state index in [1.165, 1.54) is 81.7 Å². The number of piperidine rings is 1. The molecule has 6 rings (SSSR count). The third-order valence-electron chi connectivity index (χ3n) is 21.0. The van der Waals surface area contributed by atoms with Gasteiger partial charge in [0.25, 0.3) is 5.91 Å². The molecule has 4 heterocycles. The second-order valence-corrected chi connectivity index (χ2v) is 29.3. The van der Waals surface area contributed by atoms with Crippen molar-refractivity contribution in [1.82, 2.24) is 60.0 Å². The molecule has 1 saturated carbocycles. The maximum Gasteiger partial charge on any atom is 0.417 e. The standard InChI is InChI=1S/C72H110ClF3N12O12/c1-14-46(7)61-70(99)86(15-2)47(8)65(94)88-38-33-54(88)68(97)82(11)56(41-48-25-18-16-19-26-48)67(96)80(9)43-58(89)78-52(32-30-49-29-31-50(51(73)40-49)72(74,75)76)66(95)87-37-24-27-53(87)63(92)77-34-21-20-28-59(90)84(13)62(45(5)6)71(100)83(12)57(69(98)85-35-22-17-23-36-85)42-60(91)81(10)55(39-44(3)4)64(93)79-61/h29,31-32,40,44-48,53-57,61-62H,14-28,30,33-39,41-43H2,1-13H3,(H,77,92)(H,78,89)(H,79,93)/b52-32+/t46-,47-,53-,54-,55?,56-,57-,61-,62-/m0/s1. The minimum Gasteiger partial charge on any atom is -0.354 e. The Labute approximate surface area is 593 Å². The van der Waals surface area contributed by atoms with Gasteiger partial charge >= 0.3 is 6.18 Å². The van der Waals surface area contributed by atoms with Crippen molar-refractivity contribution in [3.63, 3.8) is 0 Å². The summed E-state index contributed by atoms with van der Waals surface area (Å²) in [5, 5.41) is 7.86. The van der Waals surface area contributed by atoms with Crippen LogP contribution in [0.15, 0.2) is 30.0 Å². The van der Waals surface area contributed by atoms with Crippen molar-refractivity contribution in [1.29, 1.82) is 0 Å². The van der Waals surface area contributed by atoms with E-state index in [2.05, 4.69) is 16.0 Å². The second-order valence-electron chi connectivity index (χ2n) is 28.9. The largest absolute Gasteiger partial charge is 0.417 e. The number of alkyl halides is 3. The van der Waals surface area contributed by atoms with Gasteiger partial charge in [-0.2, -0.15) is 13.2 Å². The molecule has 0 bridgehead atoms. The fourth-order valence-corrected chi connectivity index (χ4v) is 14.8. The van der Waals surface area contributed by atoms with Crippen molar-refractivity contribution in [2.24, 2.45) is 23.7 Å². The molecule has 9 atom stereocenters. The van der Waals surface area contributed by atoms with Crippen LogP contribution in [0, 0.1) is 23.7 Å². The van der Waals surface area contributed by atoms with Crippen molar-refractivity contribution in [3.05, 3.63) is 46.1 Å². The molecule has 1 aromatic rings. The minimum absolute atomic E-state index is 0.0161. The van der Waals surface area contributed by atoms with E-state index >= 15 is 4.79 Å². The topological polar surface area (TPSA) is 270 Å². The summed E-state index contributed by atoms with van der Waals surface area (Å²) in [4.78, 5) is 188. The van der Waals surface area contributed by atoms with Gasteiger partial charge in [-0.25, -0.2) is 0 Å². The predicted octanol–water partition coefficient (Wildman–Crippen LogP) is 6.40. The average molecular weight is 1430 g/mol. The number of hydrogen-bond donors (Lipinski definition) is 3. The minimum atomic E-state index is -4.75. The SMILES string of the molecule is CC[C@H](C)[C@@H]1NC(=O)C(CC(C)C)N(C)C(=O)C[C@@H](C(=O)N2CCCCC2)N(C)C(=O)[C@H](C(C)C)N(C)C(=O)CCCCNC(=O)[C@@H]2CCCN2C(=O)/C(=C\Cc2ccc(C(F)(F)F)c(Cl)c2)NC(=O)CN(C)C(=O)[C@H](CC2CCCCC2)N(C)C(=O)[C@@H]2CCN2C(=O)[C@H](C)N(CC)C1=O. The number of fused-ring (bicyclic) bond motifs is 2. The molecule has 1 aromatic carbocycles. The van der Waals surface area contributed by atoms with E-state index in [1.54, 1.807) is 39.5 Å². The molecular weight excluding hydrogens is 1320 g/mol. The highest BCUT2D eigenvalue weighted by molar-refractivity contribution is 6.31. The van der Waals surface area contributed by atoms with Crippen LogP contribution in [0.1, 0.15) is 182 Å². The number of rotatable bonds is 11. The van der Waals surface area contributed by atoms with Crippen molar-refractivity contribution >= 4 is 82.5 Å². The van der Waals surface area contributed by atoms with E-state index in [1.807, 2.05) is 20.8 Å². The summed E-state index contributed by atoms with van der Waals surface area (Å²) in [5.74, 6) is -8.30. The molecule has 1 unspecified atom stereocenters. The highest BCUT2D eigenvalue weighted by Crippen LogP contribution is 2.36. The van der Waals surface area contributed by atoms with Crippen LogP contribution in [0.4, 0.5) is 13.2 Å². The van der Waals surface area contributed by atoms with Crippen LogP contribution < -0.4 is 16.0 Å². The molecule has 1 aliphatic carbocycles. The van der Waals surface area contributed by atoms with Gasteiger partial charge in [-0.15, -0.1) is 0 Å². The van der Waals surface area contributed by atoms with E-state index in [0.717, 1.165) is 55.6 Å². The lowest BCUT2D eigenvalue weighted by Gasteiger charge is -2.45. The average Bonchev–Trinajstić information content (AvgIpc) is 0.892. The van der Waals surface area contributed by atoms with Gasteiger partial charge in [0, 0.05) is 80.9 Å². The number of nitrogens with zero attached hydrogens (tertiary/aromatic N) is 9. The van der Waals surface area contributed by atoms with E-state index < -0.39 is 161 Å². The highest BCUT2D eigenvalue weighted by atomic mass is 35.5. The zero-order valence-electron chi connectivity index (χ0n) is 61.1. The molecule has 0 aromatic heterocycles. The molecule has 100 heavy (non-hydrogen) atoms. The van der Waals surface area contributed by atoms with Crippen LogP contribution in [0.25, 0.3) is 0 Å². The summed E-state index contributed by atoms with van der Waals surface area (Å²) >= 11 is 6.09. The molecular formula is C72H110ClF3N12O12. The summed E-state index contributed by atoms with van der Waals surface area (Å²) in [6.45, 7) is 14.6. The zero-order valence-corrected chi connectivity index (χ0v) is 61.8. The number of hydrogen-bond acceptors (Lipinski definition) is 12. The lowest BCUT2D eigenvalue weighted by molar-refractivity contribution is -0.160. The number of halogens is 4. The first-order valence-electron chi connectivity index (χ1n) is 36.1. The third-order valence-corrected chi connectivity index (χ3v) is 21.3. The Morgan fingerprint density at radius 3 is 1.92 bits per heavy atom. The molecule has 4 aliphatic heterocycles. The molecule has 0 radical (unpaired) electrons. The first-order valence-corrected chi connectivity index (χ1v) is 36.5. The van der Waals surface area contributed by atoms with Crippen LogP contribution in [-0.2, 0) is 70.1 Å². The molecule has 3 N–H and O–H groups in total. The Balaban J connectivity index is 1.37. The lowest BCUT2D eigenvalue weighted by Crippen LogP contribution is -2.65. The molecule has 5 fully saturated rings. The van der Waals surface area contributed by atoms with Gasteiger partial charge < -0.3 is 60.0 Å². The number of amides is 12. The van der Waals surface area contributed by atoms with E-state index in [-0.39, 0.29) is 94.2 Å². The zero-order chi connectivity index (χ0) is 74.2. The van der Waals surface area contributed by atoms with Crippen LogP contribution in [0.2, 0.25) is 5.02 Å². The van der Waals surface area contributed by atoms with E-state index in [0.29, 0.717) is 45.2 Å². The smallest absolute Gasteiger partial charge is 0.354 e. The molecule has 0 spiro atoms. The summed E-state index contributed by atoms with van der Waals surface area (Å²) in [5.41, 5.74) is -1.15. The summed E-state index contributed by atoms with van der Waals surface area (Å²) in [6.07, 6.45) is 4.63. The molecule has 4 saturated heterocycles. The molecule has 24 nitrogen and oxygen atoms in total. The first-order chi connectivity index (χ1) is 47.1. The van der Waals surface area contributed by atoms with Gasteiger partial charge in [0.15, 0.2) is 0 Å². The van der Waals surface area contributed by atoms with Crippen molar-refractivity contribution in [2.75, 3.05) is 81.1 Å². The monoisotopic (exact) mass is 1430 g/mol. The molecule has 28 heteroatoms. The molecule has 5 aliphatic rings.